The van der Waals surface area contributed by atoms with Crippen molar-refractivity contribution in [3.8, 4) is 0 Å². The van der Waals surface area contributed by atoms with E-state index < -0.39 is 11.6 Å². The number of nitrogens with zero attached hydrogens (tertiary/aromatic N) is 1. The van der Waals surface area contributed by atoms with Crippen LogP contribution < -0.4 is 5.73 Å². The molecule has 5 heteroatoms. The molecule has 2 rings (SSSR count). The van der Waals surface area contributed by atoms with Gasteiger partial charge < -0.3 is 5.73 Å². The standard InChI is InChI=1S/C13H12F2N2S/c1-8-2-3-9(7-16)13(17-8)18-12-5-4-10(14)6-11(12)15/h2-6H,7,16H2,1H3. The molecule has 2 N–H and O–H groups in total. The van der Waals surface area contributed by atoms with Gasteiger partial charge in [-0.15, -0.1) is 0 Å². The first-order valence-corrected chi connectivity index (χ1v) is 6.21. The SMILES string of the molecule is Cc1ccc(CN)c(Sc2ccc(F)cc2F)n1. The van der Waals surface area contributed by atoms with Gasteiger partial charge in [0.25, 0.3) is 0 Å². The smallest absolute Gasteiger partial charge is 0.140 e. The van der Waals surface area contributed by atoms with Gasteiger partial charge in [-0.2, -0.15) is 0 Å². The topological polar surface area (TPSA) is 38.9 Å². The van der Waals surface area contributed by atoms with Crippen LogP contribution in [-0.4, -0.2) is 4.98 Å². The fraction of sp³-hybridized carbons (Fsp3) is 0.154. The van der Waals surface area contributed by atoms with Crippen molar-refractivity contribution in [1.82, 2.24) is 4.98 Å². The molecule has 1 heterocycles. The van der Waals surface area contributed by atoms with E-state index in [2.05, 4.69) is 4.98 Å². The van der Waals surface area contributed by atoms with Gasteiger partial charge in [-0.1, -0.05) is 17.8 Å². The minimum Gasteiger partial charge on any atom is -0.326 e. The van der Waals surface area contributed by atoms with Crippen LogP contribution in [0.15, 0.2) is 40.3 Å². The van der Waals surface area contributed by atoms with Gasteiger partial charge in [0.05, 0.1) is 0 Å². The highest BCUT2D eigenvalue weighted by atomic mass is 32.2. The van der Waals surface area contributed by atoms with E-state index in [9.17, 15) is 8.78 Å². The summed E-state index contributed by atoms with van der Waals surface area (Å²) in [5.41, 5.74) is 7.28. The van der Waals surface area contributed by atoms with Crippen LogP contribution in [0.25, 0.3) is 0 Å². The zero-order valence-corrected chi connectivity index (χ0v) is 10.6. The molecule has 2 nitrogen and oxygen atoms in total. The Bertz CT molecular complexity index is 573. The van der Waals surface area contributed by atoms with Crippen LogP contribution in [0.5, 0.6) is 0 Å². The quantitative estimate of drug-likeness (QED) is 0.926. The monoisotopic (exact) mass is 266 g/mol. The average molecular weight is 266 g/mol. The van der Waals surface area contributed by atoms with Gasteiger partial charge in [0.1, 0.15) is 16.7 Å². The lowest BCUT2D eigenvalue weighted by Gasteiger charge is -2.08. The highest BCUT2D eigenvalue weighted by Gasteiger charge is 2.10. The molecule has 0 saturated heterocycles. The number of hydrogen-bond donors (Lipinski definition) is 1. The summed E-state index contributed by atoms with van der Waals surface area (Å²) < 4.78 is 26.4. The molecule has 0 spiro atoms. The first-order chi connectivity index (χ1) is 8.60. The molecule has 0 radical (unpaired) electrons. The Morgan fingerprint density at radius 3 is 2.67 bits per heavy atom. The Morgan fingerprint density at radius 2 is 2.00 bits per heavy atom. The predicted octanol–water partition coefficient (Wildman–Crippen LogP) is 3.28. The van der Waals surface area contributed by atoms with E-state index in [0.717, 1.165) is 29.1 Å². The second-order valence-corrected chi connectivity index (χ2v) is 4.83. The molecular formula is C13H12F2N2S. The minimum atomic E-state index is -0.591. The first kappa shape index (κ1) is 13.0. The van der Waals surface area contributed by atoms with Crippen molar-refractivity contribution in [3.05, 3.63) is 53.2 Å². The fourth-order valence-electron chi connectivity index (χ4n) is 1.47. The van der Waals surface area contributed by atoms with Gasteiger partial charge in [-0.25, -0.2) is 13.8 Å². The van der Waals surface area contributed by atoms with Gasteiger partial charge in [0.15, 0.2) is 0 Å². The third kappa shape index (κ3) is 2.86. The Balaban J connectivity index is 2.36. The van der Waals surface area contributed by atoms with Gasteiger partial charge in [-0.05, 0) is 30.7 Å². The summed E-state index contributed by atoms with van der Waals surface area (Å²) in [6, 6.07) is 7.21. The minimum absolute atomic E-state index is 0.332. The van der Waals surface area contributed by atoms with Gasteiger partial charge >= 0.3 is 0 Å². The Kier molecular flexibility index (Phi) is 3.93. The molecule has 18 heavy (non-hydrogen) atoms. The van der Waals surface area contributed by atoms with Crippen LogP contribution in [0.3, 0.4) is 0 Å². The number of halogens is 2. The summed E-state index contributed by atoms with van der Waals surface area (Å²) >= 11 is 1.16. The van der Waals surface area contributed by atoms with E-state index in [0.29, 0.717) is 16.5 Å². The molecule has 2 aromatic rings. The van der Waals surface area contributed by atoms with E-state index in [4.69, 9.17) is 5.73 Å². The number of aromatic nitrogens is 1. The fourth-order valence-corrected chi connectivity index (χ4v) is 2.44. The largest absolute Gasteiger partial charge is 0.326 e. The third-order valence-electron chi connectivity index (χ3n) is 2.40. The summed E-state index contributed by atoms with van der Waals surface area (Å²) in [7, 11) is 0. The van der Waals surface area contributed by atoms with Crippen molar-refractivity contribution in [2.45, 2.75) is 23.4 Å². The van der Waals surface area contributed by atoms with Gasteiger partial charge in [0, 0.05) is 23.2 Å². The van der Waals surface area contributed by atoms with Crippen molar-refractivity contribution in [1.29, 1.82) is 0 Å². The van der Waals surface area contributed by atoms with Crippen molar-refractivity contribution in [3.63, 3.8) is 0 Å². The lowest BCUT2D eigenvalue weighted by atomic mass is 10.2. The molecular weight excluding hydrogens is 254 g/mol. The highest BCUT2D eigenvalue weighted by molar-refractivity contribution is 7.99. The number of hydrogen-bond acceptors (Lipinski definition) is 3. The molecule has 0 atom stereocenters. The Hall–Kier alpha value is -1.46. The highest BCUT2D eigenvalue weighted by Crippen LogP contribution is 2.31. The number of aryl methyl sites for hydroxylation is 1. The summed E-state index contributed by atoms with van der Waals surface area (Å²) in [6.07, 6.45) is 0. The van der Waals surface area contributed by atoms with Crippen molar-refractivity contribution in [2.75, 3.05) is 0 Å². The van der Waals surface area contributed by atoms with E-state index >= 15 is 0 Å². The molecule has 0 fully saturated rings. The van der Waals surface area contributed by atoms with Crippen LogP contribution in [0.2, 0.25) is 0 Å². The maximum absolute atomic E-state index is 13.6. The molecule has 1 aromatic heterocycles. The Morgan fingerprint density at radius 1 is 1.22 bits per heavy atom. The van der Waals surface area contributed by atoms with Crippen molar-refractivity contribution in [2.24, 2.45) is 5.73 Å². The van der Waals surface area contributed by atoms with Crippen LogP contribution in [-0.2, 0) is 6.54 Å². The lowest BCUT2D eigenvalue weighted by Crippen LogP contribution is -2.01. The zero-order chi connectivity index (χ0) is 13.1. The van der Waals surface area contributed by atoms with Crippen LogP contribution in [0.1, 0.15) is 11.3 Å². The summed E-state index contributed by atoms with van der Waals surface area (Å²) in [6.45, 7) is 2.18. The Labute approximate surface area is 108 Å². The molecule has 0 bridgehead atoms. The summed E-state index contributed by atoms with van der Waals surface area (Å²) in [4.78, 5) is 4.66. The van der Waals surface area contributed by atoms with Crippen LogP contribution in [0.4, 0.5) is 8.78 Å². The second-order valence-electron chi connectivity index (χ2n) is 3.80. The normalized spacial score (nSPS) is 10.7. The van der Waals surface area contributed by atoms with Crippen molar-refractivity contribution >= 4 is 11.8 Å². The predicted molar refractivity (Wildman–Crippen MR) is 67.3 cm³/mol. The van der Waals surface area contributed by atoms with E-state index in [1.165, 1.54) is 12.1 Å². The average Bonchev–Trinajstić information content (AvgIpc) is 2.33. The number of benzene rings is 1. The van der Waals surface area contributed by atoms with E-state index in [1.54, 1.807) is 0 Å². The van der Waals surface area contributed by atoms with Crippen LogP contribution in [0, 0.1) is 18.6 Å². The van der Waals surface area contributed by atoms with Gasteiger partial charge in [0.2, 0.25) is 0 Å². The summed E-state index contributed by atoms with van der Waals surface area (Å²) in [5.74, 6) is -1.18. The molecule has 0 aliphatic heterocycles. The van der Waals surface area contributed by atoms with Crippen molar-refractivity contribution < 1.29 is 8.78 Å². The van der Waals surface area contributed by atoms with E-state index in [-0.39, 0.29) is 0 Å². The molecule has 0 aliphatic rings. The van der Waals surface area contributed by atoms with E-state index in [1.807, 2.05) is 19.1 Å². The van der Waals surface area contributed by atoms with Gasteiger partial charge in [-0.3, -0.25) is 0 Å². The summed E-state index contributed by atoms with van der Waals surface area (Å²) in [5, 5.41) is 0.656. The molecule has 0 aliphatic carbocycles. The molecule has 94 valence electrons. The molecule has 0 saturated carbocycles. The number of rotatable bonds is 3. The number of nitrogens with two attached hydrogens (primary N) is 1. The van der Waals surface area contributed by atoms with Crippen LogP contribution >= 0.6 is 11.8 Å². The zero-order valence-electron chi connectivity index (χ0n) is 9.78. The lowest BCUT2D eigenvalue weighted by molar-refractivity contribution is 0.565. The first-order valence-electron chi connectivity index (χ1n) is 5.39. The molecule has 0 amide bonds. The number of pyridine rings is 1. The molecule has 1 aromatic carbocycles. The molecule has 0 unspecified atom stereocenters. The maximum atomic E-state index is 13.6. The maximum Gasteiger partial charge on any atom is 0.140 e. The second kappa shape index (κ2) is 5.46. The third-order valence-corrected chi connectivity index (χ3v) is 3.50.